The predicted octanol–water partition coefficient (Wildman–Crippen LogP) is 1.38. The van der Waals surface area contributed by atoms with Crippen molar-refractivity contribution in [3.8, 4) is 0 Å². The zero-order valence-electron chi connectivity index (χ0n) is 9.60. The van der Waals surface area contributed by atoms with Crippen LogP contribution in [0, 0.1) is 12.8 Å². The van der Waals surface area contributed by atoms with Gasteiger partial charge in [-0.2, -0.15) is 11.8 Å². The van der Waals surface area contributed by atoms with Crippen molar-refractivity contribution in [3.05, 3.63) is 11.8 Å². The highest BCUT2D eigenvalue weighted by Gasteiger charge is 2.12. The number of anilines is 1. The Morgan fingerprint density at radius 1 is 1.65 bits per heavy atom. The third-order valence-corrected chi connectivity index (χ3v) is 3.12. The van der Waals surface area contributed by atoms with Gasteiger partial charge in [0.25, 0.3) is 0 Å². The van der Waals surface area contributed by atoms with Crippen molar-refractivity contribution < 1.29 is 19.2 Å². The van der Waals surface area contributed by atoms with Gasteiger partial charge >= 0.3 is 5.97 Å². The largest absolute Gasteiger partial charge is 0.481 e. The van der Waals surface area contributed by atoms with Gasteiger partial charge in [0.2, 0.25) is 5.91 Å². The molecule has 1 unspecified atom stereocenters. The van der Waals surface area contributed by atoms with Gasteiger partial charge in [0.15, 0.2) is 5.82 Å². The van der Waals surface area contributed by atoms with Crippen molar-refractivity contribution >= 4 is 29.5 Å². The van der Waals surface area contributed by atoms with Gasteiger partial charge in [-0.1, -0.05) is 12.1 Å². The lowest BCUT2D eigenvalue weighted by molar-refractivity contribution is -0.140. The molecule has 1 aromatic rings. The highest BCUT2D eigenvalue weighted by atomic mass is 32.2. The van der Waals surface area contributed by atoms with Crippen LogP contribution in [0.25, 0.3) is 0 Å². The summed E-state index contributed by atoms with van der Waals surface area (Å²) in [5, 5.41) is 14.8. The summed E-state index contributed by atoms with van der Waals surface area (Å²) in [6.07, 6.45) is 0. The van der Waals surface area contributed by atoms with Crippen molar-refractivity contribution in [2.24, 2.45) is 5.92 Å². The maximum absolute atomic E-state index is 11.4. The fourth-order valence-electron chi connectivity index (χ4n) is 1.00. The molecule has 2 N–H and O–H groups in total. The molecule has 0 aliphatic rings. The van der Waals surface area contributed by atoms with Gasteiger partial charge in [0, 0.05) is 11.8 Å². The number of carbonyl (C=O) groups is 2. The van der Waals surface area contributed by atoms with E-state index in [0.29, 0.717) is 17.3 Å². The maximum Gasteiger partial charge on any atom is 0.307 e. The van der Waals surface area contributed by atoms with Crippen LogP contribution in [0.2, 0.25) is 0 Å². The zero-order valence-corrected chi connectivity index (χ0v) is 10.4. The highest BCUT2D eigenvalue weighted by Crippen LogP contribution is 2.11. The lowest BCUT2D eigenvalue weighted by Crippen LogP contribution is -2.17. The van der Waals surface area contributed by atoms with E-state index in [0.717, 1.165) is 0 Å². The summed E-state index contributed by atoms with van der Waals surface area (Å²) in [5.74, 6) is 0.0595. The van der Waals surface area contributed by atoms with Gasteiger partial charge in [-0.3, -0.25) is 9.59 Å². The van der Waals surface area contributed by atoms with Gasteiger partial charge in [0.1, 0.15) is 5.76 Å². The van der Waals surface area contributed by atoms with Gasteiger partial charge in [-0.25, -0.2) is 0 Å². The maximum atomic E-state index is 11.4. The molecule has 6 nitrogen and oxygen atoms in total. The van der Waals surface area contributed by atoms with Crippen molar-refractivity contribution in [2.45, 2.75) is 13.8 Å². The van der Waals surface area contributed by atoms with Gasteiger partial charge < -0.3 is 14.9 Å². The van der Waals surface area contributed by atoms with Crippen LogP contribution in [-0.2, 0) is 9.59 Å². The number of rotatable bonds is 6. The zero-order chi connectivity index (χ0) is 12.8. The number of aliphatic carboxylic acids is 1. The molecule has 0 fully saturated rings. The van der Waals surface area contributed by atoms with Gasteiger partial charge in [-0.15, -0.1) is 0 Å². The first kappa shape index (κ1) is 13.6. The molecule has 0 aliphatic carbocycles. The lowest BCUT2D eigenvalue weighted by atomic mass is 10.2. The van der Waals surface area contributed by atoms with Crippen LogP contribution >= 0.6 is 11.8 Å². The molecule has 0 aliphatic heterocycles. The standard InChI is InChI=1S/C10H14N2O4S/c1-6(10(14)15)4-17-5-9(13)11-8-3-7(2)16-12-8/h3,6H,4-5H2,1-2H3,(H,14,15)(H,11,12,13). The monoisotopic (exact) mass is 258 g/mol. The number of aromatic nitrogens is 1. The number of hydrogen-bond acceptors (Lipinski definition) is 5. The first-order chi connectivity index (χ1) is 7.99. The Morgan fingerprint density at radius 3 is 2.88 bits per heavy atom. The minimum absolute atomic E-state index is 0.198. The normalized spacial score (nSPS) is 12.1. The fraction of sp³-hybridized carbons (Fsp3) is 0.500. The van der Waals surface area contributed by atoms with Crippen LogP contribution in [-0.4, -0.2) is 33.6 Å². The number of aryl methyl sites for hydroxylation is 1. The van der Waals surface area contributed by atoms with E-state index in [4.69, 9.17) is 9.63 Å². The molecule has 0 radical (unpaired) electrons. The molecule has 1 rings (SSSR count). The Morgan fingerprint density at radius 2 is 2.35 bits per heavy atom. The molecule has 0 bridgehead atoms. The smallest absolute Gasteiger partial charge is 0.307 e. The summed E-state index contributed by atoms with van der Waals surface area (Å²) in [6, 6.07) is 1.61. The second kappa shape index (κ2) is 6.29. The van der Waals surface area contributed by atoms with E-state index in [2.05, 4.69) is 10.5 Å². The minimum atomic E-state index is -0.856. The molecule has 94 valence electrons. The summed E-state index contributed by atoms with van der Waals surface area (Å²) >= 11 is 1.27. The minimum Gasteiger partial charge on any atom is -0.481 e. The molecule has 1 amide bonds. The van der Waals surface area contributed by atoms with E-state index in [1.54, 1.807) is 19.9 Å². The SMILES string of the molecule is Cc1cc(NC(=O)CSCC(C)C(=O)O)no1. The molecule has 7 heteroatoms. The Bertz CT molecular complexity index is 405. The quantitative estimate of drug-likeness (QED) is 0.800. The molecular weight excluding hydrogens is 244 g/mol. The average molecular weight is 258 g/mol. The van der Waals surface area contributed by atoms with Crippen LogP contribution in [0.4, 0.5) is 5.82 Å². The number of carboxylic acids is 1. The van der Waals surface area contributed by atoms with Crippen molar-refractivity contribution in [3.63, 3.8) is 0 Å². The number of carbonyl (C=O) groups excluding carboxylic acids is 1. The van der Waals surface area contributed by atoms with Crippen LogP contribution in [0.3, 0.4) is 0 Å². The number of amides is 1. The van der Waals surface area contributed by atoms with E-state index in [9.17, 15) is 9.59 Å². The Labute approximate surface area is 103 Å². The number of nitrogens with zero attached hydrogens (tertiary/aromatic N) is 1. The number of nitrogens with one attached hydrogen (secondary N) is 1. The summed E-state index contributed by atoms with van der Waals surface area (Å²) in [7, 11) is 0. The summed E-state index contributed by atoms with van der Waals surface area (Å²) in [6.45, 7) is 3.33. The molecule has 0 saturated carbocycles. The molecule has 17 heavy (non-hydrogen) atoms. The fourth-order valence-corrected chi connectivity index (χ4v) is 1.88. The molecule has 0 spiro atoms. The predicted molar refractivity (Wildman–Crippen MR) is 64.0 cm³/mol. The van der Waals surface area contributed by atoms with Crippen LogP contribution in [0.5, 0.6) is 0 Å². The Kier molecular flexibility index (Phi) is 5.02. The molecule has 1 aromatic heterocycles. The van der Waals surface area contributed by atoms with E-state index < -0.39 is 11.9 Å². The second-order valence-corrected chi connectivity index (χ2v) is 4.66. The molecule has 1 atom stereocenters. The van der Waals surface area contributed by atoms with E-state index in [1.165, 1.54) is 11.8 Å². The highest BCUT2D eigenvalue weighted by molar-refractivity contribution is 8.00. The molecule has 0 aromatic carbocycles. The van der Waals surface area contributed by atoms with Crippen LogP contribution < -0.4 is 5.32 Å². The first-order valence-corrected chi connectivity index (χ1v) is 6.18. The number of thioether (sulfide) groups is 1. The molecular formula is C10H14N2O4S. The summed E-state index contributed by atoms with van der Waals surface area (Å²) in [5.41, 5.74) is 0. The topological polar surface area (TPSA) is 92.4 Å². The first-order valence-electron chi connectivity index (χ1n) is 5.02. The number of carboxylic acid groups (broad SMARTS) is 1. The summed E-state index contributed by atoms with van der Waals surface area (Å²) in [4.78, 5) is 21.9. The van der Waals surface area contributed by atoms with E-state index in [1.807, 2.05) is 0 Å². The third kappa shape index (κ3) is 4.90. The molecule has 0 saturated heterocycles. The Balaban J connectivity index is 2.24. The van der Waals surface area contributed by atoms with Crippen LogP contribution in [0.1, 0.15) is 12.7 Å². The van der Waals surface area contributed by atoms with Crippen molar-refractivity contribution in [1.82, 2.24) is 5.16 Å². The van der Waals surface area contributed by atoms with Crippen molar-refractivity contribution in [1.29, 1.82) is 0 Å². The number of hydrogen-bond donors (Lipinski definition) is 2. The van der Waals surface area contributed by atoms with Crippen LogP contribution in [0.15, 0.2) is 10.6 Å². The van der Waals surface area contributed by atoms with E-state index >= 15 is 0 Å². The van der Waals surface area contributed by atoms with Crippen molar-refractivity contribution in [2.75, 3.05) is 16.8 Å². The molecule has 1 heterocycles. The second-order valence-electron chi connectivity index (χ2n) is 3.63. The average Bonchev–Trinajstić information content (AvgIpc) is 2.63. The third-order valence-electron chi connectivity index (χ3n) is 1.92. The van der Waals surface area contributed by atoms with E-state index in [-0.39, 0.29) is 11.7 Å². The Hall–Kier alpha value is -1.50. The summed E-state index contributed by atoms with van der Waals surface area (Å²) < 4.78 is 4.79. The lowest BCUT2D eigenvalue weighted by Gasteiger charge is -2.05. The van der Waals surface area contributed by atoms with Gasteiger partial charge in [0.05, 0.1) is 11.7 Å². The van der Waals surface area contributed by atoms with Gasteiger partial charge in [-0.05, 0) is 6.92 Å².